The fraction of sp³-hybridized carbons (Fsp3) is 0.417. The third kappa shape index (κ3) is 3.92. The Bertz CT molecular complexity index is 1110. The van der Waals surface area contributed by atoms with Crippen molar-refractivity contribution in [2.45, 2.75) is 39.7 Å². The van der Waals surface area contributed by atoms with Gasteiger partial charge in [-0.1, -0.05) is 24.3 Å². The molecule has 1 fully saturated rings. The van der Waals surface area contributed by atoms with Gasteiger partial charge in [0.15, 0.2) is 5.82 Å². The summed E-state index contributed by atoms with van der Waals surface area (Å²) in [5, 5.41) is 4.54. The zero-order chi connectivity index (χ0) is 21.4. The fourth-order valence-corrected chi connectivity index (χ4v) is 4.82. The highest BCUT2D eigenvalue weighted by Gasteiger charge is 2.31. The van der Waals surface area contributed by atoms with Crippen LogP contribution in [0.2, 0.25) is 0 Å². The summed E-state index contributed by atoms with van der Waals surface area (Å²) < 4.78 is 1.85. The third-order valence-corrected chi connectivity index (χ3v) is 6.40. The van der Waals surface area contributed by atoms with Gasteiger partial charge in [0.2, 0.25) is 5.91 Å². The van der Waals surface area contributed by atoms with Gasteiger partial charge in [0.05, 0.1) is 11.6 Å². The van der Waals surface area contributed by atoms with Crippen LogP contribution in [0, 0.1) is 19.8 Å². The molecule has 0 saturated carbocycles. The average molecular weight is 417 g/mol. The number of anilines is 1. The lowest BCUT2D eigenvalue weighted by molar-refractivity contribution is -0.136. The van der Waals surface area contributed by atoms with Gasteiger partial charge in [-0.05, 0) is 50.3 Å². The molecule has 7 nitrogen and oxygen atoms in total. The summed E-state index contributed by atoms with van der Waals surface area (Å²) in [5.41, 5.74) is 4.65. The molecule has 2 aromatic heterocycles. The second-order valence-electron chi connectivity index (χ2n) is 8.64. The molecule has 0 unspecified atom stereocenters. The van der Waals surface area contributed by atoms with E-state index in [1.165, 1.54) is 11.1 Å². The minimum Gasteiger partial charge on any atom is -0.356 e. The molecule has 31 heavy (non-hydrogen) atoms. The van der Waals surface area contributed by atoms with Crippen molar-refractivity contribution in [2.75, 3.05) is 24.5 Å². The van der Waals surface area contributed by atoms with Crippen LogP contribution in [-0.4, -0.2) is 50.2 Å². The number of hydrogen-bond acceptors (Lipinski definition) is 5. The summed E-state index contributed by atoms with van der Waals surface area (Å²) >= 11 is 0. The molecular formula is C24H28N6O. The van der Waals surface area contributed by atoms with Crippen LogP contribution < -0.4 is 4.90 Å². The molecule has 0 N–H and O–H groups in total. The summed E-state index contributed by atoms with van der Waals surface area (Å²) in [6, 6.07) is 12.5. The van der Waals surface area contributed by atoms with E-state index in [9.17, 15) is 4.79 Å². The van der Waals surface area contributed by atoms with Gasteiger partial charge < -0.3 is 9.80 Å². The molecule has 3 aromatic rings. The van der Waals surface area contributed by atoms with Crippen molar-refractivity contribution >= 4 is 11.7 Å². The van der Waals surface area contributed by atoms with Gasteiger partial charge in [-0.25, -0.2) is 14.6 Å². The minimum absolute atomic E-state index is 0.00566. The Kier molecular flexibility index (Phi) is 5.18. The standard InChI is InChI=1S/C24H28N6O/c1-17-12-18(2)30(27-17)23-13-22(25-16-26-23)28-10-5-8-21(15-28)24(31)29-11-9-19-6-3-4-7-20(19)14-29/h3-4,6-7,12-13,16,21H,5,8-11,14-15H2,1-2H3/t21-/m1/s1. The quantitative estimate of drug-likeness (QED) is 0.656. The van der Waals surface area contributed by atoms with Crippen molar-refractivity contribution in [3.05, 3.63) is 65.2 Å². The van der Waals surface area contributed by atoms with Crippen molar-refractivity contribution in [3.8, 4) is 5.82 Å². The number of piperidine rings is 1. The topological polar surface area (TPSA) is 67.2 Å². The van der Waals surface area contributed by atoms with Gasteiger partial charge in [-0.15, -0.1) is 0 Å². The van der Waals surface area contributed by atoms with Crippen LogP contribution in [-0.2, 0) is 17.8 Å². The summed E-state index contributed by atoms with van der Waals surface area (Å²) in [5.74, 6) is 1.90. The molecule has 1 atom stereocenters. The molecule has 0 aliphatic carbocycles. The fourth-order valence-electron chi connectivity index (χ4n) is 4.82. The number of carbonyl (C=O) groups is 1. The Morgan fingerprint density at radius 3 is 2.65 bits per heavy atom. The van der Waals surface area contributed by atoms with E-state index < -0.39 is 0 Å². The molecule has 0 bridgehead atoms. The van der Waals surface area contributed by atoms with E-state index in [2.05, 4.69) is 44.2 Å². The van der Waals surface area contributed by atoms with Crippen LogP contribution in [0.15, 0.2) is 42.7 Å². The molecule has 2 aliphatic heterocycles. The number of amides is 1. The molecule has 160 valence electrons. The summed E-state index contributed by atoms with van der Waals surface area (Å²) in [4.78, 5) is 26.5. The maximum Gasteiger partial charge on any atom is 0.227 e. The molecule has 4 heterocycles. The lowest BCUT2D eigenvalue weighted by atomic mass is 9.94. The molecule has 7 heteroatoms. The first-order valence-electron chi connectivity index (χ1n) is 11.0. The molecule has 1 amide bonds. The second kappa shape index (κ2) is 8.13. The van der Waals surface area contributed by atoms with E-state index >= 15 is 0 Å². The van der Waals surface area contributed by atoms with Crippen LogP contribution in [0.3, 0.4) is 0 Å². The maximum atomic E-state index is 13.3. The highest BCUT2D eigenvalue weighted by atomic mass is 16.2. The Morgan fingerprint density at radius 1 is 1.03 bits per heavy atom. The lowest BCUT2D eigenvalue weighted by Crippen LogP contribution is -2.46. The number of aromatic nitrogens is 4. The highest BCUT2D eigenvalue weighted by molar-refractivity contribution is 5.80. The normalized spacial score (nSPS) is 18.7. The Labute approximate surface area is 182 Å². The van der Waals surface area contributed by atoms with Gasteiger partial charge in [0.25, 0.3) is 0 Å². The van der Waals surface area contributed by atoms with Gasteiger partial charge in [0, 0.05) is 37.9 Å². The smallest absolute Gasteiger partial charge is 0.227 e. The van der Waals surface area contributed by atoms with Gasteiger partial charge in [0.1, 0.15) is 12.1 Å². The van der Waals surface area contributed by atoms with Gasteiger partial charge >= 0.3 is 0 Å². The van der Waals surface area contributed by atoms with Crippen LogP contribution >= 0.6 is 0 Å². The summed E-state index contributed by atoms with van der Waals surface area (Å²) in [7, 11) is 0. The predicted molar refractivity (Wildman–Crippen MR) is 119 cm³/mol. The van der Waals surface area contributed by atoms with E-state index in [1.54, 1.807) is 6.33 Å². The molecule has 5 rings (SSSR count). The molecule has 0 spiro atoms. The maximum absolute atomic E-state index is 13.3. The second-order valence-corrected chi connectivity index (χ2v) is 8.64. The van der Waals surface area contributed by atoms with Gasteiger partial charge in [-0.2, -0.15) is 5.10 Å². The Morgan fingerprint density at radius 2 is 1.84 bits per heavy atom. The number of carbonyl (C=O) groups excluding carboxylic acids is 1. The van der Waals surface area contributed by atoms with Crippen LogP contribution in [0.4, 0.5) is 5.82 Å². The van der Waals surface area contributed by atoms with E-state index in [0.29, 0.717) is 6.54 Å². The third-order valence-electron chi connectivity index (χ3n) is 6.40. The van der Waals surface area contributed by atoms with Crippen molar-refractivity contribution in [2.24, 2.45) is 5.92 Å². The van der Waals surface area contributed by atoms with E-state index in [-0.39, 0.29) is 11.8 Å². The van der Waals surface area contributed by atoms with Gasteiger partial charge in [-0.3, -0.25) is 4.79 Å². The largest absolute Gasteiger partial charge is 0.356 e. The Hall–Kier alpha value is -3.22. The highest BCUT2D eigenvalue weighted by Crippen LogP contribution is 2.26. The van der Waals surface area contributed by atoms with Crippen LogP contribution in [0.1, 0.15) is 35.4 Å². The average Bonchev–Trinajstić information content (AvgIpc) is 3.16. The van der Waals surface area contributed by atoms with E-state index in [4.69, 9.17) is 0 Å². The first-order valence-corrected chi connectivity index (χ1v) is 11.0. The molecule has 1 aromatic carbocycles. The first kappa shape index (κ1) is 19.7. The van der Waals surface area contributed by atoms with Crippen LogP contribution in [0.25, 0.3) is 5.82 Å². The number of benzene rings is 1. The molecule has 0 radical (unpaired) electrons. The summed E-state index contributed by atoms with van der Waals surface area (Å²) in [6.45, 7) is 7.13. The number of nitrogens with zero attached hydrogens (tertiary/aromatic N) is 6. The van der Waals surface area contributed by atoms with E-state index in [1.807, 2.05) is 35.6 Å². The van der Waals surface area contributed by atoms with E-state index in [0.717, 1.165) is 61.9 Å². The number of aryl methyl sites for hydroxylation is 2. The minimum atomic E-state index is 0.00566. The van der Waals surface area contributed by atoms with Crippen molar-refractivity contribution in [1.82, 2.24) is 24.6 Å². The predicted octanol–water partition coefficient (Wildman–Crippen LogP) is 3.08. The van der Waals surface area contributed by atoms with Crippen molar-refractivity contribution in [3.63, 3.8) is 0 Å². The monoisotopic (exact) mass is 416 g/mol. The number of rotatable bonds is 3. The van der Waals surface area contributed by atoms with Crippen molar-refractivity contribution < 1.29 is 4.79 Å². The zero-order valence-electron chi connectivity index (χ0n) is 18.2. The van der Waals surface area contributed by atoms with Crippen LogP contribution in [0.5, 0.6) is 0 Å². The molecule has 2 aliphatic rings. The number of hydrogen-bond donors (Lipinski definition) is 0. The first-order chi connectivity index (χ1) is 15.1. The lowest BCUT2D eigenvalue weighted by Gasteiger charge is -2.37. The molecule has 1 saturated heterocycles. The molecular weight excluding hydrogens is 388 g/mol. The zero-order valence-corrected chi connectivity index (χ0v) is 18.2. The summed E-state index contributed by atoms with van der Waals surface area (Å²) in [6.07, 6.45) is 4.45. The SMILES string of the molecule is Cc1cc(C)n(-c2cc(N3CCC[C@@H](C(=O)N4CCc5ccccc5C4)C3)ncn2)n1. The number of fused-ring (bicyclic) bond motifs is 1. The van der Waals surface area contributed by atoms with Crippen molar-refractivity contribution in [1.29, 1.82) is 0 Å². The Balaban J connectivity index is 1.31.